The Labute approximate surface area is 81.0 Å². The fourth-order valence-corrected chi connectivity index (χ4v) is 0.632. The average molecular weight is 181 g/mol. The molecule has 0 aromatic rings. The number of allylic oxidation sites excluding steroid dienone is 3. The monoisotopic (exact) mass is 181 g/mol. The molecule has 0 aliphatic carbocycles. The average Bonchev–Trinajstić information content (AvgIpc) is 2.04. The van der Waals surface area contributed by atoms with Crippen molar-refractivity contribution in [1.82, 2.24) is 0 Å². The van der Waals surface area contributed by atoms with E-state index in [0.29, 0.717) is 5.88 Å². The molecule has 0 bridgehead atoms. The second-order valence-corrected chi connectivity index (χ2v) is 3.97. The molecule has 0 amide bonds. The van der Waals surface area contributed by atoms with Crippen LogP contribution in [0.4, 0.5) is 0 Å². The molecule has 2 heteroatoms. The molecule has 0 N–H and O–H groups in total. The van der Waals surface area contributed by atoms with Gasteiger partial charge in [0.15, 0.2) is 0 Å². The first-order valence-electron chi connectivity index (χ1n) is 4.31. The van der Waals surface area contributed by atoms with Gasteiger partial charge in [-0.25, -0.2) is 4.99 Å². The van der Waals surface area contributed by atoms with Gasteiger partial charge in [-0.2, -0.15) is 0 Å². The molecule has 0 saturated carbocycles. The van der Waals surface area contributed by atoms with Gasteiger partial charge in [0.05, 0.1) is 7.11 Å². The fourth-order valence-electron chi connectivity index (χ4n) is 0.632. The molecule has 0 aromatic heterocycles. The molecular formula is C11H19NO. The van der Waals surface area contributed by atoms with E-state index in [9.17, 15) is 0 Å². The number of hydrogen-bond acceptors (Lipinski definition) is 2. The van der Waals surface area contributed by atoms with Crippen LogP contribution in [0.15, 0.2) is 28.6 Å². The van der Waals surface area contributed by atoms with E-state index >= 15 is 0 Å². The fraction of sp³-hybridized carbons (Fsp3) is 0.545. The van der Waals surface area contributed by atoms with Crippen LogP contribution in [0.2, 0.25) is 0 Å². The van der Waals surface area contributed by atoms with E-state index in [4.69, 9.17) is 4.74 Å². The van der Waals surface area contributed by atoms with E-state index in [1.807, 2.05) is 12.2 Å². The van der Waals surface area contributed by atoms with Crippen LogP contribution in [0.5, 0.6) is 0 Å². The Balaban J connectivity index is 4.58. The summed E-state index contributed by atoms with van der Waals surface area (Å²) in [6.07, 6.45) is 3.83. The van der Waals surface area contributed by atoms with E-state index < -0.39 is 0 Å². The predicted octanol–water partition coefficient (Wildman–Crippen LogP) is 3.17. The predicted molar refractivity (Wildman–Crippen MR) is 57.9 cm³/mol. The Hall–Kier alpha value is -1.05. The molecule has 13 heavy (non-hydrogen) atoms. The van der Waals surface area contributed by atoms with Crippen LogP contribution >= 0.6 is 0 Å². The van der Waals surface area contributed by atoms with Gasteiger partial charge in [-0.3, -0.25) is 0 Å². The van der Waals surface area contributed by atoms with E-state index in [1.54, 1.807) is 7.11 Å². The second kappa shape index (κ2) is 4.85. The lowest BCUT2D eigenvalue weighted by molar-refractivity contribution is 0.289. The first kappa shape index (κ1) is 11.9. The number of aliphatic imine (C=N–C) groups is 1. The summed E-state index contributed by atoms with van der Waals surface area (Å²) in [6, 6.07) is 0. The Morgan fingerprint density at radius 3 is 2.15 bits per heavy atom. The van der Waals surface area contributed by atoms with Gasteiger partial charge in [0, 0.05) is 6.08 Å². The van der Waals surface area contributed by atoms with E-state index in [0.717, 1.165) is 0 Å². The largest absolute Gasteiger partial charge is 0.481 e. The van der Waals surface area contributed by atoms with Gasteiger partial charge in [0.25, 0.3) is 0 Å². The molecule has 0 aliphatic heterocycles. The number of ether oxygens (including phenoxy) is 1. The van der Waals surface area contributed by atoms with Gasteiger partial charge in [-0.15, -0.1) is 0 Å². The van der Waals surface area contributed by atoms with Crippen LogP contribution in [0.3, 0.4) is 0 Å². The van der Waals surface area contributed by atoms with Gasteiger partial charge >= 0.3 is 0 Å². The highest BCUT2D eigenvalue weighted by Gasteiger charge is 2.11. The van der Waals surface area contributed by atoms with Crippen molar-refractivity contribution >= 4 is 6.72 Å². The van der Waals surface area contributed by atoms with Crippen LogP contribution in [0, 0.1) is 5.41 Å². The lowest BCUT2D eigenvalue weighted by Gasteiger charge is -2.18. The third kappa shape index (κ3) is 4.51. The third-order valence-corrected chi connectivity index (χ3v) is 2.02. The molecule has 0 aliphatic rings. The Bertz CT molecular complexity index is 231. The highest BCUT2D eigenvalue weighted by atomic mass is 16.5. The second-order valence-electron chi connectivity index (χ2n) is 3.97. The summed E-state index contributed by atoms with van der Waals surface area (Å²) in [5.41, 5.74) is 1.47. The molecule has 2 nitrogen and oxygen atoms in total. The summed E-state index contributed by atoms with van der Waals surface area (Å²) in [5, 5.41) is 0. The standard InChI is InChI=1S/C11H19NO/c1-9(11(2,3)4)7-8-10(12-5)13-6/h7-8H,5H2,1-4,6H3. The smallest absolute Gasteiger partial charge is 0.212 e. The molecule has 0 fully saturated rings. The van der Waals surface area contributed by atoms with Crippen molar-refractivity contribution in [1.29, 1.82) is 0 Å². The van der Waals surface area contributed by atoms with Crippen LogP contribution < -0.4 is 0 Å². The molecule has 0 saturated heterocycles. The first-order valence-corrected chi connectivity index (χ1v) is 4.31. The van der Waals surface area contributed by atoms with E-state index in [2.05, 4.69) is 39.4 Å². The minimum Gasteiger partial charge on any atom is -0.481 e. The van der Waals surface area contributed by atoms with Crippen molar-refractivity contribution in [3.63, 3.8) is 0 Å². The van der Waals surface area contributed by atoms with E-state index in [-0.39, 0.29) is 5.41 Å². The maximum Gasteiger partial charge on any atom is 0.212 e. The lowest BCUT2D eigenvalue weighted by atomic mass is 9.87. The van der Waals surface area contributed by atoms with Gasteiger partial charge in [-0.1, -0.05) is 32.4 Å². The van der Waals surface area contributed by atoms with Crippen molar-refractivity contribution in [2.24, 2.45) is 10.4 Å². The molecule has 0 radical (unpaired) electrons. The quantitative estimate of drug-likeness (QED) is 0.372. The molecule has 0 aromatic carbocycles. The summed E-state index contributed by atoms with van der Waals surface area (Å²) in [7, 11) is 1.58. The Morgan fingerprint density at radius 2 is 1.85 bits per heavy atom. The molecule has 0 atom stereocenters. The summed E-state index contributed by atoms with van der Waals surface area (Å²) < 4.78 is 4.95. The number of methoxy groups -OCH3 is 1. The van der Waals surface area contributed by atoms with E-state index in [1.165, 1.54) is 5.57 Å². The van der Waals surface area contributed by atoms with Crippen molar-refractivity contribution in [3.05, 3.63) is 23.6 Å². The molecular weight excluding hydrogens is 162 g/mol. The molecule has 0 unspecified atom stereocenters. The zero-order valence-corrected chi connectivity index (χ0v) is 9.22. The number of hydrogen-bond donors (Lipinski definition) is 0. The minimum atomic E-state index is 0.191. The summed E-state index contributed by atoms with van der Waals surface area (Å²) in [5.74, 6) is 0.545. The highest BCUT2D eigenvalue weighted by molar-refractivity contribution is 5.29. The third-order valence-electron chi connectivity index (χ3n) is 2.02. The van der Waals surface area contributed by atoms with Crippen LogP contribution in [-0.4, -0.2) is 13.8 Å². The minimum absolute atomic E-state index is 0.191. The maximum atomic E-state index is 4.95. The maximum absolute atomic E-state index is 4.95. The van der Waals surface area contributed by atoms with Crippen molar-refractivity contribution < 1.29 is 4.74 Å². The van der Waals surface area contributed by atoms with Crippen molar-refractivity contribution in [3.8, 4) is 0 Å². The topological polar surface area (TPSA) is 21.6 Å². The van der Waals surface area contributed by atoms with Crippen LogP contribution in [0.25, 0.3) is 0 Å². The zero-order chi connectivity index (χ0) is 10.5. The summed E-state index contributed by atoms with van der Waals surface area (Å²) in [6.45, 7) is 12.0. The van der Waals surface area contributed by atoms with Crippen LogP contribution in [0.1, 0.15) is 27.7 Å². The van der Waals surface area contributed by atoms with Gasteiger partial charge in [-0.05, 0) is 19.1 Å². The zero-order valence-electron chi connectivity index (χ0n) is 9.22. The highest BCUT2D eigenvalue weighted by Crippen LogP contribution is 2.24. The number of nitrogens with zero attached hydrogens (tertiary/aromatic N) is 1. The van der Waals surface area contributed by atoms with Crippen LogP contribution in [-0.2, 0) is 4.74 Å². The molecule has 0 heterocycles. The van der Waals surface area contributed by atoms with Crippen molar-refractivity contribution in [2.45, 2.75) is 27.7 Å². The molecule has 74 valence electrons. The first-order chi connectivity index (χ1) is 5.91. The summed E-state index contributed by atoms with van der Waals surface area (Å²) in [4.78, 5) is 3.70. The van der Waals surface area contributed by atoms with Crippen molar-refractivity contribution in [2.75, 3.05) is 7.11 Å². The van der Waals surface area contributed by atoms with Gasteiger partial charge in [0.2, 0.25) is 5.88 Å². The van der Waals surface area contributed by atoms with Gasteiger partial charge in [0.1, 0.15) is 0 Å². The molecule has 0 spiro atoms. The number of rotatable bonds is 3. The SMILES string of the molecule is C=NC(=CC=C(C)C(C)(C)C)OC. The Kier molecular flexibility index (Phi) is 4.46. The normalized spacial score (nSPS) is 14.2. The Morgan fingerprint density at radius 1 is 1.31 bits per heavy atom. The lowest BCUT2D eigenvalue weighted by Crippen LogP contribution is -2.05. The summed E-state index contributed by atoms with van der Waals surface area (Å²) >= 11 is 0. The molecule has 0 rings (SSSR count). The van der Waals surface area contributed by atoms with Gasteiger partial charge < -0.3 is 4.74 Å².